The standard InChI is InChI=1S/C26H33N3O/c1-4-5-9-16-29(26(30)27-24-15-14-21(2)22(3)18-24)20-25-13-10-17-28(25)19-23-11-7-6-8-12-23/h6-8,10-15,17-18H,4-5,9,16,19-20H2,1-3H3,(H,27,30). The van der Waals surface area contributed by atoms with Crippen molar-refractivity contribution in [3.05, 3.63) is 89.2 Å². The van der Waals surface area contributed by atoms with Crippen molar-refractivity contribution >= 4 is 11.7 Å². The molecule has 0 bridgehead atoms. The molecule has 0 spiro atoms. The molecule has 0 saturated carbocycles. The highest BCUT2D eigenvalue weighted by Crippen LogP contribution is 2.17. The maximum absolute atomic E-state index is 13.1. The zero-order valence-corrected chi connectivity index (χ0v) is 18.4. The highest BCUT2D eigenvalue weighted by Gasteiger charge is 2.16. The topological polar surface area (TPSA) is 37.3 Å². The molecule has 2 amide bonds. The fourth-order valence-electron chi connectivity index (χ4n) is 3.55. The van der Waals surface area contributed by atoms with Gasteiger partial charge in [-0.15, -0.1) is 0 Å². The summed E-state index contributed by atoms with van der Waals surface area (Å²) in [6.45, 7) is 8.50. The highest BCUT2D eigenvalue weighted by atomic mass is 16.2. The van der Waals surface area contributed by atoms with Crippen molar-refractivity contribution in [2.45, 2.75) is 53.1 Å². The van der Waals surface area contributed by atoms with Gasteiger partial charge < -0.3 is 14.8 Å². The molecule has 0 aliphatic heterocycles. The quantitative estimate of drug-likeness (QED) is 0.414. The first-order valence-corrected chi connectivity index (χ1v) is 10.9. The monoisotopic (exact) mass is 403 g/mol. The lowest BCUT2D eigenvalue weighted by Gasteiger charge is -2.24. The molecule has 3 rings (SSSR count). The molecule has 1 aromatic heterocycles. The van der Waals surface area contributed by atoms with Crippen LogP contribution in [0.4, 0.5) is 10.5 Å². The van der Waals surface area contributed by atoms with Crippen molar-refractivity contribution in [3.63, 3.8) is 0 Å². The van der Waals surface area contributed by atoms with Crippen LogP contribution in [0.1, 0.15) is 48.6 Å². The number of aromatic nitrogens is 1. The molecule has 0 unspecified atom stereocenters. The van der Waals surface area contributed by atoms with Crippen molar-refractivity contribution < 1.29 is 4.79 Å². The van der Waals surface area contributed by atoms with E-state index < -0.39 is 0 Å². The van der Waals surface area contributed by atoms with E-state index in [2.05, 4.69) is 79.3 Å². The van der Waals surface area contributed by atoms with Crippen molar-refractivity contribution in [2.75, 3.05) is 11.9 Å². The second kappa shape index (κ2) is 10.7. The largest absolute Gasteiger partial charge is 0.345 e. The lowest BCUT2D eigenvalue weighted by Crippen LogP contribution is -2.36. The van der Waals surface area contributed by atoms with E-state index in [-0.39, 0.29) is 6.03 Å². The van der Waals surface area contributed by atoms with E-state index in [4.69, 9.17) is 0 Å². The summed E-state index contributed by atoms with van der Waals surface area (Å²) < 4.78 is 2.23. The maximum atomic E-state index is 13.1. The van der Waals surface area contributed by atoms with Crippen molar-refractivity contribution in [2.24, 2.45) is 0 Å². The molecule has 158 valence electrons. The summed E-state index contributed by atoms with van der Waals surface area (Å²) in [6.07, 6.45) is 5.36. The molecular weight excluding hydrogens is 370 g/mol. The third-order valence-electron chi connectivity index (χ3n) is 5.55. The first kappa shape index (κ1) is 21.7. The number of nitrogens with zero attached hydrogens (tertiary/aromatic N) is 2. The molecule has 4 heteroatoms. The first-order chi connectivity index (χ1) is 14.6. The molecule has 4 nitrogen and oxygen atoms in total. The van der Waals surface area contributed by atoms with Gasteiger partial charge in [-0.3, -0.25) is 0 Å². The van der Waals surface area contributed by atoms with Gasteiger partial charge >= 0.3 is 6.03 Å². The van der Waals surface area contributed by atoms with E-state index >= 15 is 0 Å². The number of amides is 2. The first-order valence-electron chi connectivity index (χ1n) is 10.9. The number of nitrogens with one attached hydrogen (secondary N) is 1. The molecule has 0 radical (unpaired) electrons. The molecule has 0 fully saturated rings. The Kier molecular flexibility index (Phi) is 7.72. The van der Waals surface area contributed by atoms with E-state index in [1.807, 2.05) is 23.1 Å². The molecule has 0 aliphatic carbocycles. The Morgan fingerprint density at radius 2 is 1.77 bits per heavy atom. The smallest absolute Gasteiger partial charge is 0.322 e. The lowest BCUT2D eigenvalue weighted by atomic mass is 10.1. The van der Waals surface area contributed by atoms with Crippen LogP contribution in [-0.4, -0.2) is 22.0 Å². The number of hydrogen-bond donors (Lipinski definition) is 1. The third-order valence-corrected chi connectivity index (χ3v) is 5.55. The van der Waals surface area contributed by atoms with Crippen LogP contribution < -0.4 is 5.32 Å². The second-order valence-corrected chi connectivity index (χ2v) is 7.97. The lowest BCUT2D eigenvalue weighted by molar-refractivity contribution is 0.206. The minimum absolute atomic E-state index is 0.0400. The van der Waals surface area contributed by atoms with Crippen LogP contribution in [-0.2, 0) is 13.1 Å². The average Bonchev–Trinajstić information content (AvgIpc) is 3.17. The van der Waals surface area contributed by atoms with Crippen molar-refractivity contribution in [1.82, 2.24) is 9.47 Å². The molecule has 30 heavy (non-hydrogen) atoms. The minimum atomic E-state index is -0.0400. The van der Waals surface area contributed by atoms with Gasteiger partial charge in [-0.2, -0.15) is 0 Å². The van der Waals surface area contributed by atoms with Crippen LogP contribution in [0.15, 0.2) is 66.9 Å². The van der Waals surface area contributed by atoms with Gasteiger partial charge in [0.25, 0.3) is 0 Å². The van der Waals surface area contributed by atoms with Gasteiger partial charge in [-0.05, 0) is 61.2 Å². The summed E-state index contributed by atoms with van der Waals surface area (Å²) in [4.78, 5) is 15.0. The maximum Gasteiger partial charge on any atom is 0.322 e. The summed E-state index contributed by atoms with van der Waals surface area (Å²) >= 11 is 0. The second-order valence-electron chi connectivity index (χ2n) is 7.97. The van der Waals surface area contributed by atoms with Gasteiger partial charge in [0.15, 0.2) is 0 Å². The number of rotatable bonds is 9. The van der Waals surface area contributed by atoms with Gasteiger partial charge in [0.1, 0.15) is 0 Å². The Morgan fingerprint density at radius 1 is 0.967 bits per heavy atom. The predicted octanol–water partition coefficient (Wildman–Crippen LogP) is 6.38. The number of unbranched alkanes of at least 4 members (excludes halogenated alkanes) is 2. The normalized spacial score (nSPS) is 10.8. The van der Waals surface area contributed by atoms with Gasteiger partial charge in [0, 0.05) is 30.7 Å². The van der Waals surface area contributed by atoms with E-state index in [1.165, 1.54) is 16.7 Å². The Bertz CT molecular complexity index is 946. The predicted molar refractivity (Wildman–Crippen MR) is 125 cm³/mol. The van der Waals surface area contributed by atoms with E-state index in [1.54, 1.807) is 0 Å². The Hall–Kier alpha value is -3.01. The molecule has 0 atom stereocenters. The number of benzene rings is 2. The Morgan fingerprint density at radius 3 is 2.50 bits per heavy atom. The number of hydrogen-bond acceptors (Lipinski definition) is 1. The summed E-state index contributed by atoms with van der Waals surface area (Å²) in [5.41, 5.74) is 5.66. The molecule has 1 N–H and O–H groups in total. The van der Waals surface area contributed by atoms with E-state index in [0.717, 1.165) is 43.7 Å². The zero-order valence-electron chi connectivity index (χ0n) is 18.4. The molecule has 0 aliphatic rings. The summed E-state index contributed by atoms with van der Waals surface area (Å²) in [7, 11) is 0. The highest BCUT2D eigenvalue weighted by molar-refractivity contribution is 5.89. The number of carbonyl (C=O) groups is 1. The van der Waals surface area contributed by atoms with Crippen LogP contribution in [0.25, 0.3) is 0 Å². The SMILES string of the molecule is CCCCCN(Cc1cccn1Cc1ccccc1)C(=O)Nc1ccc(C)c(C)c1. The van der Waals surface area contributed by atoms with Crippen molar-refractivity contribution in [3.8, 4) is 0 Å². The number of urea groups is 1. The third kappa shape index (κ3) is 5.99. The van der Waals surface area contributed by atoms with Crippen LogP contribution in [0.2, 0.25) is 0 Å². The number of carbonyl (C=O) groups excluding carboxylic acids is 1. The Labute approximate surface area is 180 Å². The van der Waals surface area contributed by atoms with E-state index in [0.29, 0.717) is 6.54 Å². The number of aryl methyl sites for hydroxylation is 2. The van der Waals surface area contributed by atoms with Gasteiger partial charge in [-0.1, -0.05) is 56.2 Å². The summed E-state index contributed by atoms with van der Waals surface area (Å²) in [6, 6.07) is 20.6. The minimum Gasteiger partial charge on any atom is -0.345 e. The molecule has 1 heterocycles. The molecular formula is C26H33N3O. The molecule has 3 aromatic rings. The van der Waals surface area contributed by atoms with Gasteiger partial charge in [0.05, 0.1) is 6.54 Å². The molecule has 2 aromatic carbocycles. The van der Waals surface area contributed by atoms with Crippen LogP contribution >= 0.6 is 0 Å². The van der Waals surface area contributed by atoms with Crippen LogP contribution in [0.3, 0.4) is 0 Å². The summed E-state index contributed by atoms with van der Waals surface area (Å²) in [5.74, 6) is 0. The van der Waals surface area contributed by atoms with Gasteiger partial charge in [-0.25, -0.2) is 4.79 Å². The Balaban J connectivity index is 1.73. The van der Waals surface area contributed by atoms with Gasteiger partial charge in [0.2, 0.25) is 0 Å². The van der Waals surface area contributed by atoms with Crippen molar-refractivity contribution in [1.29, 1.82) is 0 Å². The van der Waals surface area contributed by atoms with Crippen LogP contribution in [0.5, 0.6) is 0 Å². The molecule has 0 saturated heterocycles. The average molecular weight is 404 g/mol. The fourth-order valence-corrected chi connectivity index (χ4v) is 3.55. The number of anilines is 1. The van der Waals surface area contributed by atoms with Crippen LogP contribution in [0, 0.1) is 13.8 Å². The fraction of sp³-hybridized carbons (Fsp3) is 0.346. The summed E-state index contributed by atoms with van der Waals surface area (Å²) in [5, 5.41) is 3.10. The zero-order chi connectivity index (χ0) is 21.3. The van der Waals surface area contributed by atoms with E-state index in [9.17, 15) is 4.79 Å².